The molecule has 1 heteroatoms. The van der Waals surface area contributed by atoms with Gasteiger partial charge in [0.25, 0.3) is 0 Å². The summed E-state index contributed by atoms with van der Waals surface area (Å²) in [5.74, 6) is 3.14. The van der Waals surface area contributed by atoms with Crippen molar-refractivity contribution in [3.8, 4) is 0 Å². The minimum atomic E-state index is 0.577. The molecule has 104 valence electrons. The van der Waals surface area contributed by atoms with Crippen LogP contribution in [0.5, 0.6) is 0 Å². The fourth-order valence-electron chi connectivity index (χ4n) is 5.07. The topological polar surface area (TPSA) is 3.24 Å². The van der Waals surface area contributed by atoms with Crippen molar-refractivity contribution in [3.05, 3.63) is 0 Å². The zero-order valence-corrected chi connectivity index (χ0v) is 12.8. The molecule has 3 saturated carbocycles. The van der Waals surface area contributed by atoms with Crippen LogP contribution in [0.15, 0.2) is 0 Å². The Bertz CT molecular complexity index is 316. The fourth-order valence-corrected chi connectivity index (χ4v) is 5.07. The van der Waals surface area contributed by atoms with E-state index in [4.69, 9.17) is 0 Å². The fraction of sp³-hybridized carbons (Fsp3) is 1.00. The molecule has 3 unspecified atom stereocenters. The Balaban J connectivity index is 1.49. The number of hydrogen-bond acceptors (Lipinski definition) is 1. The predicted molar refractivity (Wildman–Crippen MR) is 77.6 cm³/mol. The summed E-state index contributed by atoms with van der Waals surface area (Å²) >= 11 is 0. The largest absolute Gasteiger partial charge is 0.303 e. The molecular formula is C17H31N. The number of rotatable bonds is 3. The molecule has 1 nitrogen and oxygen atoms in total. The summed E-state index contributed by atoms with van der Waals surface area (Å²) in [6.45, 7) is 13.9. The Kier molecular flexibility index (Phi) is 3.05. The highest BCUT2D eigenvalue weighted by Crippen LogP contribution is 2.62. The third-order valence-corrected chi connectivity index (χ3v) is 6.57. The van der Waals surface area contributed by atoms with E-state index in [0.717, 1.165) is 17.8 Å². The molecule has 0 N–H and O–H groups in total. The van der Waals surface area contributed by atoms with Crippen molar-refractivity contribution in [2.75, 3.05) is 19.6 Å². The highest BCUT2D eigenvalue weighted by atomic mass is 15.1. The standard InChI is InChI=1S/C17H31N/c1-16(2)8-10-18(12-16)9-7-13-5-6-14-11-15(13)17(14,3)4/h13-15H,5-12H2,1-4H3. The summed E-state index contributed by atoms with van der Waals surface area (Å²) in [7, 11) is 0. The van der Waals surface area contributed by atoms with Crippen LogP contribution in [-0.4, -0.2) is 24.5 Å². The molecule has 0 spiro atoms. The lowest BCUT2D eigenvalue weighted by molar-refractivity contribution is -0.108. The quantitative estimate of drug-likeness (QED) is 0.725. The zero-order chi connectivity index (χ0) is 13.0. The average Bonchev–Trinajstić information content (AvgIpc) is 2.66. The summed E-state index contributed by atoms with van der Waals surface area (Å²) < 4.78 is 0. The predicted octanol–water partition coefficient (Wildman–Crippen LogP) is 4.18. The van der Waals surface area contributed by atoms with Crippen LogP contribution in [-0.2, 0) is 0 Å². The van der Waals surface area contributed by atoms with Gasteiger partial charge in [-0.1, -0.05) is 27.7 Å². The van der Waals surface area contributed by atoms with E-state index in [9.17, 15) is 0 Å². The van der Waals surface area contributed by atoms with Crippen molar-refractivity contribution in [1.29, 1.82) is 0 Å². The molecule has 0 aromatic heterocycles. The van der Waals surface area contributed by atoms with E-state index < -0.39 is 0 Å². The lowest BCUT2D eigenvalue weighted by atomic mass is 9.45. The summed E-state index contributed by atoms with van der Waals surface area (Å²) in [6, 6.07) is 0. The first-order valence-corrected chi connectivity index (χ1v) is 8.11. The van der Waals surface area contributed by atoms with Gasteiger partial charge in [0.05, 0.1) is 0 Å². The van der Waals surface area contributed by atoms with Gasteiger partial charge in [0.2, 0.25) is 0 Å². The van der Waals surface area contributed by atoms with Gasteiger partial charge in [0.1, 0.15) is 0 Å². The van der Waals surface area contributed by atoms with Crippen molar-refractivity contribution in [1.82, 2.24) is 4.90 Å². The molecule has 0 radical (unpaired) electrons. The van der Waals surface area contributed by atoms with Gasteiger partial charge in [-0.05, 0) is 73.8 Å². The maximum atomic E-state index is 2.72. The third-order valence-electron chi connectivity index (χ3n) is 6.57. The molecule has 4 fully saturated rings. The van der Waals surface area contributed by atoms with Gasteiger partial charge in [0.15, 0.2) is 0 Å². The van der Waals surface area contributed by atoms with Crippen molar-refractivity contribution in [2.24, 2.45) is 28.6 Å². The monoisotopic (exact) mass is 249 g/mol. The first-order valence-electron chi connectivity index (χ1n) is 8.11. The molecule has 4 aliphatic rings. The Labute approximate surface area is 113 Å². The maximum absolute atomic E-state index is 2.72. The molecule has 3 aliphatic carbocycles. The van der Waals surface area contributed by atoms with Crippen LogP contribution < -0.4 is 0 Å². The highest BCUT2D eigenvalue weighted by Gasteiger charge is 2.53. The third kappa shape index (κ3) is 2.13. The van der Waals surface area contributed by atoms with Crippen molar-refractivity contribution in [2.45, 2.75) is 59.8 Å². The molecule has 2 bridgehead atoms. The number of hydrogen-bond donors (Lipinski definition) is 0. The molecular weight excluding hydrogens is 218 g/mol. The van der Waals surface area contributed by atoms with E-state index in [1.54, 1.807) is 6.42 Å². The van der Waals surface area contributed by atoms with E-state index in [1.165, 1.54) is 45.3 Å². The average molecular weight is 249 g/mol. The van der Waals surface area contributed by atoms with Crippen LogP contribution in [0.2, 0.25) is 0 Å². The lowest BCUT2D eigenvalue weighted by Crippen LogP contribution is -2.52. The van der Waals surface area contributed by atoms with Crippen LogP contribution in [0.3, 0.4) is 0 Å². The Hall–Kier alpha value is -0.0400. The Morgan fingerprint density at radius 2 is 1.89 bits per heavy atom. The molecule has 1 aliphatic heterocycles. The molecule has 4 rings (SSSR count). The normalized spacial score (nSPS) is 41.7. The molecule has 0 aromatic carbocycles. The maximum Gasteiger partial charge on any atom is 0.00332 e. The number of fused-ring (bicyclic) bond motifs is 2. The van der Waals surface area contributed by atoms with Gasteiger partial charge in [-0.25, -0.2) is 0 Å². The Morgan fingerprint density at radius 3 is 2.44 bits per heavy atom. The Morgan fingerprint density at radius 1 is 1.11 bits per heavy atom. The van der Waals surface area contributed by atoms with Crippen LogP contribution in [0.1, 0.15) is 59.8 Å². The molecule has 18 heavy (non-hydrogen) atoms. The molecule has 0 aromatic rings. The van der Waals surface area contributed by atoms with E-state index >= 15 is 0 Å². The second-order valence-electron chi connectivity index (χ2n) is 8.68. The number of likely N-dealkylation sites (tertiary alicyclic amines) is 1. The van der Waals surface area contributed by atoms with Gasteiger partial charge in [-0.3, -0.25) is 0 Å². The van der Waals surface area contributed by atoms with Gasteiger partial charge in [-0.2, -0.15) is 0 Å². The second-order valence-corrected chi connectivity index (χ2v) is 8.68. The number of nitrogens with zero attached hydrogens (tertiary/aromatic N) is 1. The molecule has 0 amide bonds. The summed E-state index contributed by atoms with van der Waals surface area (Å²) in [6.07, 6.45) is 7.45. The molecule has 1 heterocycles. The second kappa shape index (κ2) is 4.23. The van der Waals surface area contributed by atoms with Crippen molar-refractivity contribution < 1.29 is 0 Å². The molecule has 1 saturated heterocycles. The summed E-state index contributed by atoms with van der Waals surface area (Å²) in [5, 5.41) is 0. The first kappa shape index (κ1) is 13.0. The van der Waals surface area contributed by atoms with Gasteiger partial charge < -0.3 is 4.90 Å². The SMILES string of the molecule is CC1(C)CCN(CCC2CCC3CC2C3(C)C)C1. The molecule has 3 atom stereocenters. The lowest BCUT2D eigenvalue weighted by Gasteiger charge is -2.60. The zero-order valence-electron chi connectivity index (χ0n) is 12.8. The van der Waals surface area contributed by atoms with E-state index in [-0.39, 0.29) is 0 Å². The van der Waals surface area contributed by atoms with Gasteiger partial charge in [-0.15, -0.1) is 0 Å². The van der Waals surface area contributed by atoms with Gasteiger partial charge >= 0.3 is 0 Å². The van der Waals surface area contributed by atoms with Crippen LogP contribution in [0, 0.1) is 28.6 Å². The van der Waals surface area contributed by atoms with Crippen LogP contribution in [0.4, 0.5) is 0 Å². The minimum absolute atomic E-state index is 0.577. The highest BCUT2D eigenvalue weighted by molar-refractivity contribution is 5.03. The van der Waals surface area contributed by atoms with Crippen LogP contribution in [0.25, 0.3) is 0 Å². The van der Waals surface area contributed by atoms with E-state index in [1.807, 2.05) is 0 Å². The summed E-state index contributed by atoms with van der Waals surface area (Å²) in [5.41, 5.74) is 1.25. The van der Waals surface area contributed by atoms with Crippen LogP contribution >= 0.6 is 0 Å². The van der Waals surface area contributed by atoms with E-state index in [0.29, 0.717) is 10.8 Å². The van der Waals surface area contributed by atoms with Gasteiger partial charge in [0, 0.05) is 6.54 Å². The van der Waals surface area contributed by atoms with Crippen molar-refractivity contribution >= 4 is 0 Å². The van der Waals surface area contributed by atoms with E-state index in [2.05, 4.69) is 32.6 Å². The minimum Gasteiger partial charge on any atom is -0.303 e. The smallest absolute Gasteiger partial charge is 0.00332 e. The summed E-state index contributed by atoms with van der Waals surface area (Å²) in [4.78, 5) is 2.72. The first-order chi connectivity index (χ1) is 8.38. The van der Waals surface area contributed by atoms with Crippen molar-refractivity contribution in [3.63, 3.8) is 0 Å².